The third-order valence-corrected chi connectivity index (χ3v) is 7.65. The number of carbonyl (C=O) groups is 2. The van der Waals surface area contributed by atoms with E-state index in [1.54, 1.807) is 24.3 Å². The molecule has 1 saturated heterocycles. The Morgan fingerprint density at radius 1 is 1.26 bits per heavy atom. The van der Waals surface area contributed by atoms with Crippen molar-refractivity contribution in [3.63, 3.8) is 0 Å². The first-order valence-corrected chi connectivity index (χ1v) is 14.7. The molecule has 2 aliphatic heterocycles. The third kappa shape index (κ3) is 7.83. The molecule has 2 N–H and O–H groups in total. The summed E-state index contributed by atoms with van der Waals surface area (Å²) < 4.78 is 18.9. The van der Waals surface area contributed by atoms with Crippen LogP contribution in [0, 0.1) is 17.7 Å². The van der Waals surface area contributed by atoms with Gasteiger partial charge in [0.15, 0.2) is 0 Å². The number of halogens is 1. The Morgan fingerprint density at radius 3 is 2.71 bits per heavy atom. The number of carbonyl (C=O) groups excluding carboxylic acids is 2. The van der Waals surface area contributed by atoms with Gasteiger partial charge in [0.25, 0.3) is 5.91 Å². The number of benzene rings is 1. The molecule has 0 aliphatic carbocycles. The van der Waals surface area contributed by atoms with Crippen molar-refractivity contribution < 1.29 is 18.7 Å². The number of hydrogen-bond donors (Lipinski definition) is 2. The van der Waals surface area contributed by atoms with Crippen LogP contribution in [0.25, 0.3) is 0 Å². The first-order chi connectivity index (χ1) is 19.5. The van der Waals surface area contributed by atoms with Crippen molar-refractivity contribution in [1.29, 1.82) is 0 Å². The van der Waals surface area contributed by atoms with Crippen molar-refractivity contribution in [1.82, 2.24) is 20.2 Å². The van der Waals surface area contributed by atoms with Crippen molar-refractivity contribution >= 4 is 23.3 Å². The van der Waals surface area contributed by atoms with Crippen molar-refractivity contribution in [2.45, 2.75) is 72.8 Å². The summed E-state index contributed by atoms with van der Waals surface area (Å²) in [5, 5.41) is 6.76. The fourth-order valence-corrected chi connectivity index (χ4v) is 5.57. The molecule has 2 aliphatic rings. The summed E-state index contributed by atoms with van der Waals surface area (Å²) in [6.07, 6.45) is 3.61. The van der Waals surface area contributed by atoms with Crippen LogP contribution in [0.2, 0.25) is 0 Å². The standard InChI is InChI=1S/C31H45FN6O3.CH4/c1-20(2)19-38(29(40)25-18-35-30(31(3,4)5)36-27(25)34-11-7-13-41-6)24-15-22(16-33-17-24)28(39)37-12-10-21-14-23(32)8-9-26(21)37;/h8-9,14,18,20,22,24,33H,7,10-13,15-17,19H2,1-6H3,(H,34,35,36);1H4/t22-,24+;/m1./s1. The zero-order valence-electron chi connectivity index (χ0n) is 25.3. The maximum atomic E-state index is 14.2. The summed E-state index contributed by atoms with van der Waals surface area (Å²) in [7, 11) is 1.67. The Balaban J connectivity index is 0.00000484. The van der Waals surface area contributed by atoms with Crippen molar-refractivity contribution in [3.8, 4) is 0 Å². The maximum absolute atomic E-state index is 14.2. The van der Waals surface area contributed by atoms with Gasteiger partial charge in [-0.15, -0.1) is 0 Å². The molecule has 0 spiro atoms. The predicted molar refractivity (Wildman–Crippen MR) is 166 cm³/mol. The minimum Gasteiger partial charge on any atom is -0.385 e. The third-order valence-electron chi connectivity index (χ3n) is 7.65. The van der Waals surface area contributed by atoms with Crippen LogP contribution in [0.15, 0.2) is 24.4 Å². The van der Waals surface area contributed by atoms with Gasteiger partial charge in [-0.25, -0.2) is 14.4 Å². The number of aromatic nitrogens is 2. The molecule has 0 unspecified atom stereocenters. The maximum Gasteiger partial charge on any atom is 0.259 e. The number of fused-ring (bicyclic) bond motifs is 1. The molecule has 1 aromatic carbocycles. The van der Waals surface area contributed by atoms with Crippen LogP contribution < -0.4 is 15.5 Å². The Kier molecular flexibility index (Phi) is 11.4. The van der Waals surface area contributed by atoms with Gasteiger partial charge in [-0.1, -0.05) is 42.0 Å². The molecular formula is C32H49FN6O3. The van der Waals surface area contributed by atoms with E-state index in [4.69, 9.17) is 9.72 Å². The second kappa shape index (κ2) is 14.4. The average molecular weight is 585 g/mol. The second-order valence-corrected chi connectivity index (χ2v) is 12.6. The highest BCUT2D eigenvalue weighted by Crippen LogP contribution is 2.32. The number of amides is 2. The molecule has 3 heterocycles. The number of anilines is 2. The van der Waals surface area contributed by atoms with Crippen molar-refractivity contribution in [2.75, 3.05) is 56.7 Å². The van der Waals surface area contributed by atoms with Gasteiger partial charge in [-0.3, -0.25) is 9.59 Å². The van der Waals surface area contributed by atoms with Gasteiger partial charge in [0.1, 0.15) is 23.0 Å². The minimum absolute atomic E-state index is 0. The fraction of sp³-hybridized carbons (Fsp3) is 0.625. The lowest BCUT2D eigenvalue weighted by Gasteiger charge is -2.39. The topological polar surface area (TPSA) is 99.7 Å². The quantitative estimate of drug-likeness (QED) is 0.392. The van der Waals surface area contributed by atoms with E-state index in [0.717, 1.165) is 17.7 Å². The van der Waals surface area contributed by atoms with Crippen LogP contribution in [0.5, 0.6) is 0 Å². The van der Waals surface area contributed by atoms with Crippen LogP contribution in [0.3, 0.4) is 0 Å². The van der Waals surface area contributed by atoms with Crippen LogP contribution >= 0.6 is 0 Å². The van der Waals surface area contributed by atoms with E-state index in [2.05, 4.69) is 29.5 Å². The molecule has 1 fully saturated rings. The normalized spacial score (nSPS) is 18.4. The Hall–Kier alpha value is -3.11. The molecule has 2 aromatic rings. The van der Waals surface area contributed by atoms with E-state index in [9.17, 15) is 14.0 Å². The summed E-state index contributed by atoms with van der Waals surface area (Å²) in [5.74, 6) is 0.707. The van der Waals surface area contributed by atoms with Gasteiger partial charge in [-0.05, 0) is 48.9 Å². The molecule has 2 atom stereocenters. The molecule has 4 rings (SSSR count). The average Bonchev–Trinajstić information content (AvgIpc) is 3.35. The van der Waals surface area contributed by atoms with Gasteiger partial charge in [0.2, 0.25) is 5.91 Å². The lowest BCUT2D eigenvalue weighted by Crippen LogP contribution is -2.55. The summed E-state index contributed by atoms with van der Waals surface area (Å²) >= 11 is 0. The van der Waals surface area contributed by atoms with Gasteiger partial charge < -0.3 is 25.2 Å². The SMILES string of the molecule is C.COCCCNc1nc(C(C)(C)C)ncc1C(=O)N(CC(C)C)[C@@H]1CNC[C@H](C(=O)N2CCc3cc(F)ccc32)C1. The van der Waals surface area contributed by atoms with Crippen LogP contribution in [-0.2, 0) is 21.4 Å². The molecule has 9 nitrogen and oxygen atoms in total. The fourth-order valence-electron chi connectivity index (χ4n) is 5.57. The second-order valence-electron chi connectivity index (χ2n) is 12.6. The number of piperidine rings is 1. The van der Waals surface area contributed by atoms with Crippen molar-refractivity contribution in [2.24, 2.45) is 11.8 Å². The van der Waals surface area contributed by atoms with E-state index in [0.29, 0.717) is 69.4 Å². The molecule has 2 amide bonds. The highest BCUT2D eigenvalue weighted by molar-refractivity contribution is 5.99. The zero-order valence-corrected chi connectivity index (χ0v) is 25.3. The molecule has 10 heteroatoms. The number of hydrogen-bond acceptors (Lipinski definition) is 7. The molecule has 42 heavy (non-hydrogen) atoms. The first kappa shape index (κ1) is 33.4. The van der Waals surface area contributed by atoms with Gasteiger partial charge >= 0.3 is 0 Å². The Labute approximate surface area is 250 Å². The molecule has 0 saturated carbocycles. The zero-order chi connectivity index (χ0) is 29.7. The summed E-state index contributed by atoms with van der Waals surface area (Å²) in [6, 6.07) is 4.44. The molecular weight excluding hydrogens is 535 g/mol. The van der Waals surface area contributed by atoms with E-state index in [-0.39, 0.29) is 48.4 Å². The highest BCUT2D eigenvalue weighted by Gasteiger charge is 2.38. The van der Waals surface area contributed by atoms with E-state index >= 15 is 0 Å². The lowest BCUT2D eigenvalue weighted by atomic mass is 9.92. The molecule has 0 bridgehead atoms. The van der Waals surface area contributed by atoms with Gasteiger partial charge in [-0.2, -0.15) is 0 Å². The van der Waals surface area contributed by atoms with Gasteiger partial charge in [0, 0.05) is 69.8 Å². The van der Waals surface area contributed by atoms with Crippen LogP contribution in [-0.4, -0.2) is 79.2 Å². The molecule has 0 radical (unpaired) electrons. The number of nitrogens with zero attached hydrogens (tertiary/aromatic N) is 4. The van der Waals surface area contributed by atoms with E-state index in [1.165, 1.54) is 12.1 Å². The molecule has 1 aromatic heterocycles. The van der Waals surface area contributed by atoms with Crippen molar-refractivity contribution in [3.05, 3.63) is 47.2 Å². The lowest BCUT2D eigenvalue weighted by molar-refractivity contribution is -0.123. The van der Waals surface area contributed by atoms with Gasteiger partial charge in [0.05, 0.1) is 5.92 Å². The number of rotatable bonds is 10. The first-order valence-electron chi connectivity index (χ1n) is 14.7. The Morgan fingerprint density at radius 2 is 2.02 bits per heavy atom. The number of methoxy groups -OCH3 is 1. The van der Waals surface area contributed by atoms with E-state index in [1.807, 2.05) is 25.7 Å². The molecule has 232 valence electrons. The summed E-state index contributed by atoms with van der Waals surface area (Å²) in [5.41, 5.74) is 1.80. The number of ether oxygens (including phenoxy) is 1. The summed E-state index contributed by atoms with van der Waals surface area (Å²) in [6.45, 7) is 13.8. The van der Waals surface area contributed by atoms with E-state index < -0.39 is 0 Å². The smallest absolute Gasteiger partial charge is 0.259 e. The van der Waals surface area contributed by atoms with Crippen LogP contribution in [0.4, 0.5) is 15.9 Å². The monoisotopic (exact) mass is 584 g/mol. The number of nitrogens with one attached hydrogen (secondary N) is 2. The largest absolute Gasteiger partial charge is 0.385 e. The predicted octanol–water partition coefficient (Wildman–Crippen LogP) is 4.66. The Bertz CT molecular complexity index is 1230. The highest BCUT2D eigenvalue weighted by atomic mass is 19.1. The summed E-state index contributed by atoms with van der Waals surface area (Å²) in [4.78, 5) is 40.9. The van der Waals surface area contributed by atoms with Crippen LogP contribution in [0.1, 0.15) is 76.6 Å². The minimum atomic E-state index is -0.293.